The molecule has 0 heterocycles. The predicted molar refractivity (Wildman–Crippen MR) is 56.0 cm³/mol. The molecule has 3 heteroatoms. The average molecular weight is 204 g/mol. The molecule has 1 rings (SSSR count). The van der Waals surface area contributed by atoms with Crippen molar-refractivity contribution in [1.29, 1.82) is 0 Å². The second-order valence-corrected chi connectivity index (χ2v) is 3.05. The van der Waals surface area contributed by atoms with Gasteiger partial charge in [0, 0.05) is 11.5 Å². The molecule has 0 atom stereocenters. The van der Waals surface area contributed by atoms with E-state index in [1.54, 1.807) is 6.07 Å². The lowest BCUT2D eigenvalue weighted by molar-refractivity contribution is -0.133. The van der Waals surface area contributed by atoms with Crippen LogP contribution >= 0.6 is 0 Å². The second kappa shape index (κ2) is 5.18. The van der Waals surface area contributed by atoms with E-state index in [4.69, 9.17) is 5.11 Å². The van der Waals surface area contributed by atoms with Gasteiger partial charge in [0.1, 0.15) is 0 Å². The fraction of sp³-hybridized carbons (Fsp3) is 0.250. The lowest BCUT2D eigenvalue weighted by atomic mass is 10.1. The molecule has 0 aliphatic rings. The van der Waals surface area contributed by atoms with Crippen LogP contribution in [0.4, 0.5) is 0 Å². The highest BCUT2D eigenvalue weighted by atomic mass is 16.5. The van der Waals surface area contributed by atoms with E-state index < -0.39 is 5.97 Å². The molecule has 0 unspecified atom stereocenters. The fourth-order valence-electron chi connectivity index (χ4n) is 1.07. The Bertz CT molecular complexity index is 424. The summed E-state index contributed by atoms with van der Waals surface area (Å²) in [4.78, 5) is 10.8. The average Bonchev–Trinajstić information content (AvgIpc) is 2.27. The Kier molecular flexibility index (Phi) is 3.90. The molecule has 0 fully saturated rings. The van der Waals surface area contributed by atoms with Crippen LogP contribution in [0.15, 0.2) is 18.2 Å². The first-order valence-electron chi connectivity index (χ1n) is 4.47. The quantitative estimate of drug-likeness (QED) is 0.548. The molecule has 0 aliphatic carbocycles. The molecule has 15 heavy (non-hydrogen) atoms. The first-order valence-corrected chi connectivity index (χ1v) is 4.47. The third-order valence-electron chi connectivity index (χ3n) is 1.97. The minimum absolute atomic E-state index is 0.0345. The molecule has 0 bridgehead atoms. The van der Waals surface area contributed by atoms with Gasteiger partial charge in [-0.15, -0.1) is 0 Å². The molecule has 1 aromatic carbocycles. The van der Waals surface area contributed by atoms with Gasteiger partial charge < -0.3 is 9.84 Å². The number of aliphatic hydroxyl groups is 1. The maximum absolute atomic E-state index is 10.8. The molecule has 0 amide bonds. The van der Waals surface area contributed by atoms with Gasteiger partial charge in [-0.2, -0.15) is 0 Å². The van der Waals surface area contributed by atoms with Gasteiger partial charge in [0.25, 0.3) is 0 Å². The van der Waals surface area contributed by atoms with Gasteiger partial charge in [0.05, 0.1) is 13.7 Å². The normalized spacial score (nSPS) is 9.00. The summed E-state index contributed by atoms with van der Waals surface area (Å²) >= 11 is 0. The largest absolute Gasteiger partial charge is 0.459 e. The van der Waals surface area contributed by atoms with Gasteiger partial charge >= 0.3 is 5.97 Å². The number of aryl methyl sites for hydroxylation is 1. The number of hydrogen-bond acceptors (Lipinski definition) is 3. The van der Waals surface area contributed by atoms with Crippen LogP contribution in [0.25, 0.3) is 0 Å². The zero-order chi connectivity index (χ0) is 11.3. The van der Waals surface area contributed by atoms with E-state index >= 15 is 0 Å². The monoisotopic (exact) mass is 204 g/mol. The molecule has 0 aliphatic heterocycles. The summed E-state index contributed by atoms with van der Waals surface area (Å²) < 4.78 is 4.41. The van der Waals surface area contributed by atoms with Crippen molar-refractivity contribution < 1.29 is 14.6 Å². The zero-order valence-corrected chi connectivity index (χ0v) is 8.70. The first kappa shape index (κ1) is 11.3. The smallest absolute Gasteiger partial charge is 0.384 e. The van der Waals surface area contributed by atoms with Gasteiger partial charge in [-0.25, -0.2) is 4.79 Å². The Morgan fingerprint density at radius 1 is 1.53 bits per heavy atom. The van der Waals surface area contributed by atoms with Crippen LogP contribution in [0.1, 0.15) is 16.7 Å². The highest BCUT2D eigenvalue weighted by molar-refractivity contribution is 5.89. The number of carbonyl (C=O) groups is 1. The molecule has 0 spiro atoms. The van der Waals surface area contributed by atoms with Crippen LogP contribution in [0.2, 0.25) is 0 Å². The summed E-state index contributed by atoms with van der Waals surface area (Å²) in [6.45, 7) is 1.86. The highest BCUT2D eigenvalue weighted by Crippen LogP contribution is 2.09. The van der Waals surface area contributed by atoms with Crippen LogP contribution in [0.5, 0.6) is 0 Å². The van der Waals surface area contributed by atoms with E-state index in [0.29, 0.717) is 0 Å². The number of methoxy groups -OCH3 is 1. The topological polar surface area (TPSA) is 46.5 Å². The summed E-state index contributed by atoms with van der Waals surface area (Å²) in [5.74, 6) is 4.48. The molecule has 0 saturated heterocycles. The van der Waals surface area contributed by atoms with Gasteiger partial charge in [0.15, 0.2) is 0 Å². The lowest BCUT2D eigenvalue weighted by Gasteiger charge is -2.00. The summed E-state index contributed by atoms with van der Waals surface area (Å²) in [6.07, 6.45) is 0. The Hall–Kier alpha value is -1.79. The van der Waals surface area contributed by atoms with Gasteiger partial charge in [-0.1, -0.05) is 18.1 Å². The van der Waals surface area contributed by atoms with Crippen molar-refractivity contribution in [2.75, 3.05) is 7.11 Å². The lowest BCUT2D eigenvalue weighted by Crippen LogP contribution is -1.95. The Balaban J connectivity index is 3.01. The Morgan fingerprint density at radius 3 is 2.87 bits per heavy atom. The molecule has 0 saturated carbocycles. The number of carbonyl (C=O) groups excluding carboxylic acids is 1. The van der Waals surface area contributed by atoms with E-state index in [1.807, 2.05) is 19.1 Å². The third-order valence-corrected chi connectivity index (χ3v) is 1.97. The third kappa shape index (κ3) is 3.12. The summed E-state index contributed by atoms with van der Waals surface area (Å²) in [7, 11) is 1.29. The second-order valence-electron chi connectivity index (χ2n) is 3.05. The van der Waals surface area contributed by atoms with E-state index in [2.05, 4.69) is 16.6 Å². The number of hydrogen-bond donors (Lipinski definition) is 1. The molecule has 1 N–H and O–H groups in total. The zero-order valence-electron chi connectivity index (χ0n) is 8.70. The van der Waals surface area contributed by atoms with E-state index in [0.717, 1.165) is 16.7 Å². The number of esters is 1. The number of ether oxygens (including phenoxy) is 1. The van der Waals surface area contributed by atoms with Crippen molar-refractivity contribution in [2.24, 2.45) is 0 Å². The number of benzene rings is 1. The predicted octanol–water partition coefficient (Wildman–Crippen LogP) is 1.01. The Morgan fingerprint density at radius 2 is 2.27 bits per heavy atom. The van der Waals surface area contributed by atoms with E-state index in [1.165, 1.54) is 7.11 Å². The van der Waals surface area contributed by atoms with Crippen molar-refractivity contribution in [3.63, 3.8) is 0 Å². The number of aliphatic hydroxyl groups excluding tert-OH is 1. The van der Waals surface area contributed by atoms with Crippen LogP contribution in [-0.4, -0.2) is 18.2 Å². The molecular formula is C12H12O3. The first-order chi connectivity index (χ1) is 7.17. The Labute approximate surface area is 88.7 Å². The molecule has 1 aromatic rings. The van der Waals surface area contributed by atoms with Crippen molar-refractivity contribution in [3.8, 4) is 11.8 Å². The minimum atomic E-state index is -0.566. The maximum Gasteiger partial charge on any atom is 0.384 e. The summed E-state index contributed by atoms with van der Waals surface area (Å²) in [6, 6.07) is 5.43. The molecule has 78 valence electrons. The maximum atomic E-state index is 10.8. The summed E-state index contributed by atoms with van der Waals surface area (Å²) in [5, 5.41) is 8.94. The van der Waals surface area contributed by atoms with Crippen molar-refractivity contribution in [2.45, 2.75) is 13.5 Å². The SMILES string of the molecule is COC(=O)C#Cc1cc(CO)ccc1C. The van der Waals surface area contributed by atoms with Crippen LogP contribution in [0.3, 0.4) is 0 Å². The highest BCUT2D eigenvalue weighted by Gasteiger charge is 1.97. The minimum Gasteiger partial charge on any atom is -0.459 e. The summed E-state index contributed by atoms with van der Waals surface area (Å²) in [5.41, 5.74) is 2.46. The van der Waals surface area contributed by atoms with Gasteiger partial charge in [-0.3, -0.25) is 0 Å². The van der Waals surface area contributed by atoms with Crippen molar-refractivity contribution in [1.82, 2.24) is 0 Å². The van der Waals surface area contributed by atoms with E-state index in [9.17, 15) is 4.79 Å². The van der Waals surface area contributed by atoms with Crippen molar-refractivity contribution in [3.05, 3.63) is 34.9 Å². The van der Waals surface area contributed by atoms with Crippen molar-refractivity contribution >= 4 is 5.97 Å². The van der Waals surface area contributed by atoms with Crippen LogP contribution in [0, 0.1) is 18.8 Å². The van der Waals surface area contributed by atoms with Gasteiger partial charge in [0.2, 0.25) is 0 Å². The fourth-order valence-corrected chi connectivity index (χ4v) is 1.07. The standard InChI is InChI=1S/C12H12O3/c1-9-3-4-10(8-13)7-11(9)5-6-12(14)15-2/h3-4,7,13H,8H2,1-2H3. The molecule has 3 nitrogen and oxygen atoms in total. The van der Waals surface area contributed by atoms with Crippen LogP contribution < -0.4 is 0 Å². The van der Waals surface area contributed by atoms with E-state index in [-0.39, 0.29) is 6.61 Å². The molecular weight excluding hydrogens is 192 g/mol. The molecule has 0 aromatic heterocycles. The number of rotatable bonds is 1. The molecule has 0 radical (unpaired) electrons. The van der Waals surface area contributed by atoms with Gasteiger partial charge in [-0.05, 0) is 24.1 Å². The van der Waals surface area contributed by atoms with Crippen LogP contribution in [-0.2, 0) is 16.1 Å².